The molecular weight excluding hydrogens is 923 g/mol. The van der Waals surface area contributed by atoms with Crippen molar-refractivity contribution < 1.29 is 18.9 Å². The molecule has 0 heterocycles. The first-order chi connectivity index (χ1) is 34.5. The molecule has 72 heavy (non-hydrogen) atoms. The maximum atomic E-state index is 5.74. The second-order valence-electron chi connectivity index (χ2n) is 21.2. The Bertz CT molecular complexity index is 2360. The topological polar surface area (TPSA) is 43.4 Å². The summed E-state index contributed by atoms with van der Waals surface area (Å²) in [6.07, 6.45) is 7.64. The predicted octanol–water partition coefficient (Wildman–Crippen LogP) is 13.7. The summed E-state index contributed by atoms with van der Waals surface area (Å²) in [6, 6.07) is 42.2. The van der Waals surface area contributed by atoms with Crippen molar-refractivity contribution >= 4 is 37.1 Å². The van der Waals surface area contributed by atoms with Gasteiger partial charge in [-0.2, -0.15) is 0 Å². The van der Waals surface area contributed by atoms with Crippen LogP contribution in [-0.2, 0) is 0 Å². The molecule has 2 saturated carbocycles. The zero-order chi connectivity index (χ0) is 52.0. The molecule has 6 nitrogen and oxygen atoms in total. The fourth-order valence-electron chi connectivity index (χ4n) is 13.1. The van der Waals surface area contributed by atoms with Gasteiger partial charge < -0.3 is 28.7 Å². The Balaban J connectivity index is 0.000000211. The van der Waals surface area contributed by atoms with Crippen molar-refractivity contribution in [3.63, 3.8) is 0 Å². The van der Waals surface area contributed by atoms with E-state index in [9.17, 15) is 0 Å². The van der Waals surface area contributed by atoms with Gasteiger partial charge in [-0.3, -0.25) is 0 Å². The van der Waals surface area contributed by atoms with E-state index in [0.29, 0.717) is 35.2 Å². The lowest BCUT2D eigenvalue weighted by atomic mass is 9.90. The van der Waals surface area contributed by atoms with Gasteiger partial charge in [-0.1, -0.05) is 73.5 Å². The van der Waals surface area contributed by atoms with Crippen LogP contribution in [-0.4, -0.2) is 77.7 Å². The van der Waals surface area contributed by atoms with Crippen molar-refractivity contribution in [2.45, 2.75) is 117 Å². The minimum absolute atomic E-state index is 0.407. The number of benzene rings is 6. The van der Waals surface area contributed by atoms with Gasteiger partial charge in [0.05, 0.1) is 28.4 Å². The second kappa shape index (κ2) is 24.6. The highest BCUT2D eigenvalue weighted by Gasteiger charge is 2.43. The summed E-state index contributed by atoms with van der Waals surface area (Å²) >= 11 is 0. The average molecular weight is 1010 g/mol. The van der Waals surface area contributed by atoms with Gasteiger partial charge in [0.15, 0.2) is 0 Å². The number of hydrogen-bond acceptors (Lipinski definition) is 6. The highest BCUT2D eigenvalue weighted by atomic mass is 31.1. The van der Waals surface area contributed by atoms with Crippen LogP contribution in [0.15, 0.2) is 109 Å². The van der Waals surface area contributed by atoms with Crippen LogP contribution in [0.2, 0.25) is 0 Å². The Kier molecular flexibility index (Phi) is 18.8. The van der Waals surface area contributed by atoms with Crippen LogP contribution in [0.3, 0.4) is 0 Å². The third-order valence-corrected chi connectivity index (χ3v) is 21.5. The molecule has 6 aromatic carbocycles. The molecule has 4 unspecified atom stereocenters. The molecule has 8 heteroatoms. The summed E-state index contributed by atoms with van der Waals surface area (Å²) in [4.78, 5) is 4.89. The van der Waals surface area contributed by atoms with E-state index in [0.717, 1.165) is 23.0 Å². The molecule has 0 bridgehead atoms. The van der Waals surface area contributed by atoms with Gasteiger partial charge in [-0.25, -0.2) is 0 Å². The number of ether oxygens (including phenoxy) is 4. The third kappa shape index (κ3) is 11.8. The van der Waals surface area contributed by atoms with Crippen molar-refractivity contribution in [1.29, 1.82) is 0 Å². The molecule has 2 aliphatic rings. The van der Waals surface area contributed by atoms with E-state index in [-0.39, 0.29) is 0 Å². The number of aryl methyl sites for hydroxylation is 8. The van der Waals surface area contributed by atoms with Crippen LogP contribution in [0, 0.1) is 67.2 Å². The van der Waals surface area contributed by atoms with Crippen LogP contribution in [0.5, 0.6) is 23.0 Å². The summed E-state index contributed by atoms with van der Waals surface area (Å²) < 4.78 is 23.0. The Morgan fingerprint density at radius 1 is 0.375 bits per heavy atom. The Hall–Kier alpha value is -4.70. The van der Waals surface area contributed by atoms with Crippen LogP contribution in [0.1, 0.15) is 106 Å². The highest BCUT2D eigenvalue weighted by molar-refractivity contribution is 7.74. The lowest BCUT2D eigenvalue weighted by Crippen LogP contribution is -2.34. The van der Waals surface area contributed by atoms with Crippen molar-refractivity contribution in [2.75, 3.05) is 56.6 Å². The second-order valence-corrected chi connectivity index (χ2v) is 26.0. The molecule has 6 aromatic rings. The molecule has 2 fully saturated rings. The standard InChI is InChI=1S/2C32H42NO2P/c2*1-21-17-26(18-22(2)31(21)34-7)36(27-19-23(3)32(35-8)24(4)20-27)29-16-12-15-28(29)30(33(5)6)25-13-10-9-11-14-25/h2*9-11,13-14,17-20,28-30H,12,15-16H2,1-8H3/t2*28?,29?,30-/m11/s1. The largest absolute Gasteiger partial charge is 0.496 e. The minimum atomic E-state index is -0.576. The number of methoxy groups -OCH3 is 4. The minimum Gasteiger partial charge on any atom is -0.496 e. The zero-order valence-corrected chi connectivity index (χ0v) is 48.3. The third-order valence-electron chi connectivity index (χ3n) is 15.6. The summed E-state index contributed by atoms with van der Waals surface area (Å²) in [7, 11) is 15.0. The summed E-state index contributed by atoms with van der Waals surface area (Å²) in [5.74, 6) is 5.23. The Morgan fingerprint density at radius 2 is 0.611 bits per heavy atom. The molecule has 0 N–H and O–H groups in total. The quantitative estimate of drug-likeness (QED) is 0.0900. The van der Waals surface area contributed by atoms with Gasteiger partial charge in [0.2, 0.25) is 0 Å². The molecule has 6 atom stereocenters. The van der Waals surface area contributed by atoms with Crippen LogP contribution < -0.4 is 40.2 Å². The van der Waals surface area contributed by atoms with Crippen molar-refractivity contribution in [3.05, 3.63) is 165 Å². The predicted molar refractivity (Wildman–Crippen MR) is 310 cm³/mol. The Labute approximate surface area is 437 Å². The highest BCUT2D eigenvalue weighted by Crippen LogP contribution is 2.57. The van der Waals surface area contributed by atoms with Gasteiger partial charge >= 0.3 is 0 Å². The summed E-state index contributed by atoms with van der Waals surface area (Å²) in [5.41, 5.74) is 13.9. The Morgan fingerprint density at radius 3 is 0.819 bits per heavy atom. The number of nitrogens with zero attached hydrogens (tertiary/aromatic N) is 2. The monoisotopic (exact) mass is 1010 g/mol. The summed E-state index contributed by atoms with van der Waals surface area (Å²) in [5, 5.41) is 5.86. The normalized spacial score (nSPS) is 18.6. The molecule has 2 aliphatic carbocycles. The first-order valence-electron chi connectivity index (χ1n) is 26.1. The molecule has 0 radical (unpaired) electrons. The fourth-order valence-corrected chi connectivity index (χ4v) is 20.2. The lowest BCUT2D eigenvalue weighted by Gasteiger charge is -2.38. The van der Waals surface area contributed by atoms with E-state index in [1.165, 1.54) is 115 Å². The molecular formula is C64H84N2O4P2. The van der Waals surface area contributed by atoms with E-state index < -0.39 is 15.8 Å². The smallest absolute Gasteiger partial charge is 0.124 e. The fraction of sp³-hybridized carbons (Fsp3) is 0.438. The van der Waals surface area contributed by atoms with Crippen molar-refractivity contribution in [3.8, 4) is 23.0 Å². The first-order valence-corrected chi connectivity index (χ1v) is 29.0. The number of rotatable bonds is 16. The van der Waals surface area contributed by atoms with Gasteiger partial charge in [0.1, 0.15) is 23.0 Å². The molecule has 0 aromatic heterocycles. The van der Waals surface area contributed by atoms with E-state index in [1.54, 1.807) is 28.4 Å². The zero-order valence-electron chi connectivity index (χ0n) is 46.5. The lowest BCUT2D eigenvalue weighted by molar-refractivity contribution is 0.217. The SMILES string of the molecule is COc1c(C)cc(P(c2cc(C)c(OC)c(C)c2)C2CCCC2[C@@H](c2ccccc2)N(C)C)cc1C.COc1c(C)cc(P(c2cc(C)c(OC)c(C)c2)C2CCCC2[C@@H](c2ccccc2)N(C)C)cc1C. The molecule has 0 amide bonds. The van der Waals surface area contributed by atoms with E-state index in [4.69, 9.17) is 18.9 Å². The van der Waals surface area contributed by atoms with Crippen molar-refractivity contribution in [1.82, 2.24) is 9.80 Å². The maximum Gasteiger partial charge on any atom is 0.124 e. The van der Waals surface area contributed by atoms with Gasteiger partial charge in [-0.05, 0) is 274 Å². The first kappa shape index (κ1) is 55.1. The summed E-state index contributed by atoms with van der Waals surface area (Å²) in [6.45, 7) is 17.5. The van der Waals surface area contributed by atoms with Gasteiger partial charge in [0.25, 0.3) is 0 Å². The van der Waals surface area contributed by atoms with Crippen LogP contribution >= 0.6 is 15.8 Å². The van der Waals surface area contributed by atoms with Gasteiger partial charge in [0, 0.05) is 12.1 Å². The molecule has 0 spiro atoms. The molecule has 8 rings (SSSR count). The average Bonchev–Trinajstić information content (AvgIpc) is 4.00. The molecule has 384 valence electrons. The maximum absolute atomic E-state index is 5.74. The number of hydrogen-bond donors (Lipinski definition) is 0. The van der Waals surface area contributed by atoms with Crippen LogP contribution in [0.4, 0.5) is 0 Å². The van der Waals surface area contributed by atoms with Gasteiger partial charge in [-0.15, -0.1) is 0 Å². The molecule has 0 aliphatic heterocycles. The van der Waals surface area contributed by atoms with Crippen molar-refractivity contribution in [2.24, 2.45) is 11.8 Å². The van der Waals surface area contributed by atoms with E-state index in [1.807, 2.05) is 0 Å². The van der Waals surface area contributed by atoms with Crippen LogP contribution in [0.25, 0.3) is 0 Å². The van der Waals surface area contributed by atoms with E-state index in [2.05, 4.69) is 203 Å². The van der Waals surface area contributed by atoms with E-state index >= 15 is 0 Å². The molecule has 0 saturated heterocycles.